The van der Waals surface area contributed by atoms with Crippen LogP contribution in [0.5, 0.6) is 0 Å². The number of nitrogens with one attached hydrogen (secondary N) is 1. The van der Waals surface area contributed by atoms with Crippen molar-refractivity contribution in [3.63, 3.8) is 0 Å². The topological polar surface area (TPSA) is 55.1 Å². The summed E-state index contributed by atoms with van der Waals surface area (Å²) in [4.78, 5) is 11.4. The largest absolute Gasteiger partial charge is 0.366 e. The Morgan fingerprint density at radius 3 is 2.26 bits per heavy atom. The van der Waals surface area contributed by atoms with Crippen LogP contribution in [0.1, 0.15) is 27.0 Å². The molecule has 0 fully saturated rings. The summed E-state index contributed by atoms with van der Waals surface area (Å²) < 4.78 is 0. The zero-order valence-corrected chi connectivity index (χ0v) is 15.3. The number of carbonyl (C=O) groups is 1. The molecule has 27 heavy (non-hydrogen) atoms. The minimum absolute atomic E-state index is 0.394. The summed E-state index contributed by atoms with van der Waals surface area (Å²) in [5, 5.41) is 3.70. The molecule has 0 radical (unpaired) electrons. The molecule has 1 aliphatic rings. The Morgan fingerprint density at radius 2 is 1.56 bits per heavy atom. The first-order valence-corrected chi connectivity index (χ1v) is 9.48. The van der Waals surface area contributed by atoms with Gasteiger partial charge in [0.25, 0.3) is 0 Å². The van der Waals surface area contributed by atoms with E-state index in [0.717, 1.165) is 36.9 Å². The molecule has 0 aromatic heterocycles. The van der Waals surface area contributed by atoms with Gasteiger partial charge in [0.2, 0.25) is 5.91 Å². The SMILES string of the molecule is NC(=O)c1cccc(-c2cccc(CCNC3Cc4ccccc4C3)c2)c1. The van der Waals surface area contributed by atoms with Crippen molar-refractivity contribution in [1.29, 1.82) is 0 Å². The molecule has 0 bridgehead atoms. The number of primary amides is 1. The lowest BCUT2D eigenvalue weighted by molar-refractivity contribution is 0.100. The standard InChI is InChI=1S/C24H24N2O/c25-24(27)22-10-4-9-19(14-22)18-8-3-5-17(13-18)11-12-26-23-15-20-6-1-2-7-21(20)16-23/h1-10,13-14,23,26H,11-12,15-16H2,(H2,25,27). The van der Waals surface area contributed by atoms with Crippen molar-refractivity contribution >= 4 is 5.91 Å². The third kappa shape index (κ3) is 4.09. The molecule has 0 spiro atoms. The summed E-state index contributed by atoms with van der Waals surface area (Å²) in [7, 11) is 0. The van der Waals surface area contributed by atoms with Crippen LogP contribution in [0.25, 0.3) is 11.1 Å². The molecule has 0 unspecified atom stereocenters. The number of hydrogen-bond donors (Lipinski definition) is 2. The molecule has 1 aliphatic carbocycles. The van der Waals surface area contributed by atoms with Crippen LogP contribution in [0, 0.1) is 0 Å². The predicted molar refractivity (Wildman–Crippen MR) is 110 cm³/mol. The van der Waals surface area contributed by atoms with E-state index in [9.17, 15) is 4.79 Å². The van der Waals surface area contributed by atoms with Gasteiger partial charge in [0.1, 0.15) is 0 Å². The highest BCUT2D eigenvalue weighted by Crippen LogP contribution is 2.23. The Bertz CT molecular complexity index is 939. The summed E-state index contributed by atoms with van der Waals surface area (Å²) in [6.07, 6.45) is 3.22. The van der Waals surface area contributed by atoms with E-state index in [1.165, 1.54) is 16.7 Å². The van der Waals surface area contributed by atoms with Crippen LogP contribution in [-0.2, 0) is 19.3 Å². The molecule has 0 heterocycles. The molecule has 3 aromatic carbocycles. The molecule has 3 heteroatoms. The normalized spacial score (nSPS) is 13.5. The quantitative estimate of drug-likeness (QED) is 0.707. The first-order valence-electron chi connectivity index (χ1n) is 9.48. The highest BCUT2D eigenvalue weighted by Gasteiger charge is 2.19. The molecule has 4 rings (SSSR count). The van der Waals surface area contributed by atoms with Gasteiger partial charge >= 0.3 is 0 Å². The lowest BCUT2D eigenvalue weighted by Gasteiger charge is -2.12. The van der Waals surface area contributed by atoms with Gasteiger partial charge < -0.3 is 11.1 Å². The van der Waals surface area contributed by atoms with E-state index in [4.69, 9.17) is 5.73 Å². The smallest absolute Gasteiger partial charge is 0.248 e. The molecule has 3 nitrogen and oxygen atoms in total. The number of fused-ring (bicyclic) bond motifs is 1. The van der Waals surface area contributed by atoms with Crippen LogP contribution < -0.4 is 11.1 Å². The van der Waals surface area contributed by atoms with Crippen LogP contribution in [-0.4, -0.2) is 18.5 Å². The summed E-state index contributed by atoms with van der Waals surface area (Å²) in [5.41, 5.74) is 12.3. The maximum atomic E-state index is 11.4. The van der Waals surface area contributed by atoms with Crippen molar-refractivity contribution in [2.45, 2.75) is 25.3 Å². The summed E-state index contributed by atoms with van der Waals surface area (Å²) in [5.74, 6) is -0.394. The molecule has 1 amide bonds. The number of rotatable bonds is 6. The van der Waals surface area contributed by atoms with Gasteiger partial charge in [-0.05, 0) is 65.8 Å². The lowest BCUT2D eigenvalue weighted by atomic mass is 10.00. The Morgan fingerprint density at radius 1 is 0.889 bits per heavy atom. The Hall–Kier alpha value is -2.91. The monoisotopic (exact) mass is 356 g/mol. The van der Waals surface area contributed by atoms with Crippen LogP contribution in [0.3, 0.4) is 0 Å². The summed E-state index contributed by atoms with van der Waals surface area (Å²) >= 11 is 0. The van der Waals surface area contributed by atoms with E-state index in [0.29, 0.717) is 11.6 Å². The fraction of sp³-hybridized carbons (Fsp3) is 0.208. The maximum Gasteiger partial charge on any atom is 0.248 e. The van der Waals surface area contributed by atoms with Crippen molar-refractivity contribution in [1.82, 2.24) is 5.32 Å². The summed E-state index contributed by atoms with van der Waals surface area (Å²) in [6.45, 7) is 0.962. The number of benzene rings is 3. The maximum absolute atomic E-state index is 11.4. The molecule has 0 aliphatic heterocycles. The van der Waals surface area contributed by atoms with E-state index in [1.54, 1.807) is 6.07 Å². The van der Waals surface area contributed by atoms with Crippen molar-refractivity contribution < 1.29 is 4.79 Å². The van der Waals surface area contributed by atoms with Gasteiger partial charge in [-0.1, -0.05) is 60.7 Å². The Labute approximate surface area is 160 Å². The second-order valence-electron chi connectivity index (χ2n) is 7.22. The molecule has 0 saturated heterocycles. The van der Waals surface area contributed by atoms with Gasteiger partial charge in [0.05, 0.1) is 0 Å². The van der Waals surface area contributed by atoms with Gasteiger partial charge in [0, 0.05) is 11.6 Å². The van der Waals surface area contributed by atoms with Gasteiger partial charge in [-0.25, -0.2) is 0 Å². The Kier molecular flexibility index (Phi) is 5.03. The Balaban J connectivity index is 1.38. The molecular weight excluding hydrogens is 332 g/mol. The first kappa shape index (κ1) is 17.5. The number of carbonyl (C=O) groups excluding carboxylic acids is 1. The molecule has 0 atom stereocenters. The fourth-order valence-corrected chi connectivity index (χ4v) is 3.88. The fourth-order valence-electron chi connectivity index (χ4n) is 3.88. The number of nitrogens with two attached hydrogens (primary N) is 1. The van der Waals surface area contributed by atoms with E-state index < -0.39 is 5.91 Å². The second kappa shape index (κ2) is 7.77. The van der Waals surface area contributed by atoms with Crippen LogP contribution in [0.4, 0.5) is 0 Å². The van der Waals surface area contributed by atoms with E-state index in [-0.39, 0.29) is 0 Å². The third-order valence-electron chi connectivity index (χ3n) is 5.31. The zero-order chi connectivity index (χ0) is 18.6. The average Bonchev–Trinajstić information content (AvgIpc) is 3.11. The van der Waals surface area contributed by atoms with Gasteiger partial charge in [-0.15, -0.1) is 0 Å². The molecule has 3 N–H and O–H groups in total. The van der Waals surface area contributed by atoms with Crippen molar-refractivity contribution in [2.75, 3.05) is 6.54 Å². The average molecular weight is 356 g/mol. The number of hydrogen-bond acceptors (Lipinski definition) is 2. The minimum Gasteiger partial charge on any atom is -0.366 e. The van der Waals surface area contributed by atoms with E-state index >= 15 is 0 Å². The predicted octanol–water partition coefficient (Wildman–Crippen LogP) is 3.75. The van der Waals surface area contributed by atoms with Crippen molar-refractivity contribution in [3.05, 3.63) is 95.1 Å². The van der Waals surface area contributed by atoms with Gasteiger partial charge in [-0.2, -0.15) is 0 Å². The number of amides is 1. The molecular formula is C24H24N2O. The van der Waals surface area contributed by atoms with E-state index in [1.807, 2.05) is 18.2 Å². The first-order chi connectivity index (χ1) is 13.2. The van der Waals surface area contributed by atoms with Crippen LogP contribution in [0.2, 0.25) is 0 Å². The highest BCUT2D eigenvalue weighted by molar-refractivity contribution is 5.94. The summed E-state index contributed by atoms with van der Waals surface area (Å²) in [6, 6.07) is 25.3. The molecule has 0 saturated carbocycles. The van der Waals surface area contributed by atoms with Gasteiger partial charge in [-0.3, -0.25) is 4.79 Å². The molecule has 136 valence electrons. The third-order valence-corrected chi connectivity index (χ3v) is 5.31. The van der Waals surface area contributed by atoms with Crippen molar-refractivity contribution in [3.8, 4) is 11.1 Å². The van der Waals surface area contributed by atoms with Crippen LogP contribution in [0.15, 0.2) is 72.8 Å². The minimum atomic E-state index is -0.394. The zero-order valence-electron chi connectivity index (χ0n) is 15.3. The lowest BCUT2D eigenvalue weighted by Crippen LogP contribution is -2.31. The highest BCUT2D eigenvalue weighted by atomic mass is 16.1. The second-order valence-corrected chi connectivity index (χ2v) is 7.22. The van der Waals surface area contributed by atoms with Crippen molar-refractivity contribution in [2.24, 2.45) is 5.73 Å². The van der Waals surface area contributed by atoms with Gasteiger partial charge in [0.15, 0.2) is 0 Å². The van der Waals surface area contributed by atoms with Crippen LogP contribution >= 0.6 is 0 Å². The van der Waals surface area contributed by atoms with E-state index in [2.05, 4.69) is 53.8 Å². The molecule has 3 aromatic rings.